The molecule has 0 atom stereocenters. The van der Waals surface area contributed by atoms with Crippen LogP contribution in [0.3, 0.4) is 0 Å². The molecule has 0 aliphatic carbocycles. The zero-order valence-electron chi connectivity index (χ0n) is 15.7. The molecule has 3 N–H and O–H groups in total. The number of hydrogen-bond donors (Lipinski definition) is 2. The third kappa shape index (κ3) is 4.79. The first kappa shape index (κ1) is 20.5. The molecular weight excluding hydrogens is 389 g/mol. The van der Waals surface area contributed by atoms with Gasteiger partial charge in [0.1, 0.15) is 12.0 Å². The maximum absolute atomic E-state index is 12.9. The van der Waals surface area contributed by atoms with Gasteiger partial charge in [-0.05, 0) is 25.1 Å². The van der Waals surface area contributed by atoms with Crippen molar-refractivity contribution >= 4 is 29.1 Å². The smallest absolute Gasteiger partial charge is 0.416 e. The van der Waals surface area contributed by atoms with Crippen molar-refractivity contribution in [2.24, 2.45) is 0 Å². The minimum atomic E-state index is -4.45. The average molecular weight is 410 g/mol. The van der Waals surface area contributed by atoms with Gasteiger partial charge in [0.25, 0.3) is 0 Å². The maximum Gasteiger partial charge on any atom is 0.416 e. The molecule has 0 spiro atoms. The van der Waals surface area contributed by atoms with Gasteiger partial charge in [0.2, 0.25) is 0 Å². The fourth-order valence-electron chi connectivity index (χ4n) is 2.96. The predicted molar refractivity (Wildman–Crippen MR) is 102 cm³/mol. The third-order valence-electron chi connectivity index (χ3n) is 4.42. The molecule has 1 aromatic heterocycles. The van der Waals surface area contributed by atoms with E-state index in [-0.39, 0.29) is 23.3 Å². The van der Waals surface area contributed by atoms with Gasteiger partial charge < -0.3 is 25.6 Å². The Morgan fingerprint density at radius 3 is 2.62 bits per heavy atom. The van der Waals surface area contributed by atoms with Crippen LogP contribution in [0.2, 0.25) is 0 Å². The summed E-state index contributed by atoms with van der Waals surface area (Å²) in [5.74, 6) is 0.667. The molecule has 3 rings (SSSR count). The SMILES string of the molecule is CCOC(=O)N1CCN(c2ncnc(Nc3cccc(C(F)(F)F)c3)c2N)CC1. The second-order valence-electron chi connectivity index (χ2n) is 6.34. The van der Waals surface area contributed by atoms with Crippen LogP contribution in [0.25, 0.3) is 0 Å². The molecule has 0 unspecified atom stereocenters. The molecule has 1 amide bonds. The van der Waals surface area contributed by atoms with Gasteiger partial charge >= 0.3 is 12.3 Å². The Morgan fingerprint density at radius 2 is 1.97 bits per heavy atom. The second kappa shape index (κ2) is 8.41. The molecule has 1 saturated heterocycles. The first-order valence-electron chi connectivity index (χ1n) is 9.01. The van der Waals surface area contributed by atoms with Crippen molar-refractivity contribution < 1.29 is 22.7 Å². The number of amides is 1. The van der Waals surface area contributed by atoms with Gasteiger partial charge in [0.05, 0.1) is 12.2 Å². The molecule has 1 aromatic carbocycles. The van der Waals surface area contributed by atoms with Gasteiger partial charge in [-0.15, -0.1) is 0 Å². The third-order valence-corrected chi connectivity index (χ3v) is 4.42. The van der Waals surface area contributed by atoms with Crippen molar-refractivity contribution in [2.75, 3.05) is 48.7 Å². The summed E-state index contributed by atoms with van der Waals surface area (Å²) in [6, 6.07) is 4.77. The van der Waals surface area contributed by atoms with E-state index < -0.39 is 11.7 Å². The summed E-state index contributed by atoms with van der Waals surface area (Å²) in [5.41, 5.74) is 5.83. The number of nitrogen functional groups attached to an aromatic ring is 1. The van der Waals surface area contributed by atoms with Gasteiger partial charge in [0.15, 0.2) is 11.6 Å². The molecule has 1 aliphatic heterocycles. The number of nitrogens with two attached hydrogens (primary N) is 1. The number of anilines is 4. The van der Waals surface area contributed by atoms with Crippen LogP contribution in [0.15, 0.2) is 30.6 Å². The van der Waals surface area contributed by atoms with Crippen LogP contribution in [-0.2, 0) is 10.9 Å². The Balaban J connectivity index is 1.73. The van der Waals surface area contributed by atoms with Crippen molar-refractivity contribution in [3.05, 3.63) is 36.2 Å². The lowest BCUT2D eigenvalue weighted by Crippen LogP contribution is -2.49. The van der Waals surface area contributed by atoms with Crippen molar-refractivity contribution in [1.29, 1.82) is 0 Å². The quantitative estimate of drug-likeness (QED) is 0.799. The molecule has 2 heterocycles. The number of piperazine rings is 1. The van der Waals surface area contributed by atoms with E-state index in [1.165, 1.54) is 18.5 Å². The number of alkyl halides is 3. The zero-order valence-corrected chi connectivity index (χ0v) is 15.7. The summed E-state index contributed by atoms with van der Waals surface area (Å²) < 4.78 is 43.7. The van der Waals surface area contributed by atoms with E-state index in [2.05, 4.69) is 15.3 Å². The Labute approximate surface area is 165 Å². The number of nitrogens with zero attached hydrogens (tertiary/aromatic N) is 4. The fraction of sp³-hybridized carbons (Fsp3) is 0.389. The molecular formula is C18H21F3N6O2. The molecule has 1 aliphatic rings. The zero-order chi connectivity index (χ0) is 21.0. The summed E-state index contributed by atoms with van der Waals surface area (Å²) in [5, 5.41) is 2.82. The minimum Gasteiger partial charge on any atom is -0.450 e. The summed E-state index contributed by atoms with van der Waals surface area (Å²) in [4.78, 5) is 23.5. The number of aromatic nitrogens is 2. The molecule has 2 aromatic rings. The van der Waals surface area contributed by atoms with Crippen LogP contribution in [-0.4, -0.2) is 53.7 Å². The van der Waals surface area contributed by atoms with Crippen molar-refractivity contribution in [2.45, 2.75) is 13.1 Å². The Morgan fingerprint density at radius 1 is 1.24 bits per heavy atom. The minimum absolute atomic E-state index is 0.210. The van der Waals surface area contributed by atoms with E-state index >= 15 is 0 Å². The lowest BCUT2D eigenvalue weighted by Gasteiger charge is -2.35. The number of carbonyl (C=O) groups is 1. The lowest BCUT2D eigenvalue weighted by atomic mass is 10.2. The van der Waals surface area contributed by atoms with Crippen LogP contribution < -0.4 is 16.0 Å². The van der Waals surface area contributed by atoms with E-state index in [0.29, 0.717) is 38.6 Å². The number of carbonyl (C=O) groups excluding carboxylic acids is 1. The molecule has 0 radical (unpaired) electrons. The lowest BCUT2D eigenvalue weighted by molar-refractivity contribution is -0.137. The van der Waals surface area contributed by atoms with Gasteiger partial charge in [-0.1, -0.05) is 6.07 Å². The van der Waals surface area contributed by atoms with Gasteiger partial charge in [0, 0.05) is 31.9 Å². The average Bonchev–Trinajstić information content (AvgIpc) is 2.69. The summed E-state index contributed by atoms with van der Waals surface area (Å²) in [6.45, 7) is 3.92. The number of nitrogens with one attached hydrogen (secondary N) is 1. The maximum atomic E-state index is 12.9. The van der Waals surface area contributed by atoms with E-state index in [0.717, 1.165) is 12.1 Å². The topological polar surface area (TPSA) is 96.6 Å². The van der Waals surface area contributed by atoms with Crippen LogP contribution in [0.4, 0.5) is 41.0 Å². The largest absolute Gasteiger partial charge is 0.450 e. The monoisotopic (exact) mass is 410 g/mol. The number of rotatable bonds is 4. The first-order valence-corrected chi connectivity index (χ1v) is 9.01. The second-order valence-corrected chi connectivity index (χ2v) is 6.34. The molecule has 29 heavy (non-hydrogen) atoms. The molecule has 156 valence electrons. The van der Waals surface area contributed by atoms with Crippen LogP contribution in [0, 0.1) is 0 Å². The summed E-state index contributed by atoms with van der Waals surface area (Å²) in [7, 11) is 0. The number of halogens is 3. The van der Waals surface area contributed by atoms with Crippen LogP contribution in [0.5, 0.6) is 0 Å². The summed E-state index contributed by atoms with van der Waals surface area (Å²) in [6.07, 6.45) is -3.52. The van der Waals surface area contributed by atoms with E-state index in [9.17, 15) is 18.0 Å². The number of benzene rings is 1. The molecule has 11 heteroatoms. The standard InChI is InChI=1S/C18H21F3N6O2/c1-2-29-17(28)27-8-6-26(7-9-27)16-14(22)15(23-11-24-16)25-13-5-3-4-12(10-13)18(19,20)21/h3-5,10-11H,2,6-9,22H2,1H3,(H,23,24,25). The predicted octanol–water partition coefficient (Wildman–Crippen LogP) is 3.10. The molecule has 1 fully saturated rings. The van der Waals surface area contributed by atoms with Crippen molar-refractivity contribution in [3.63, 3.8) is 0 Å². The highest BCUT2D eigenvalue weighted by atomic mass is 19.4. The van der Waals surface area contributed by atoms with Gasteiger partial charge in [-0.3, -0.25) is 0 Å². The highest BCUT2D eigenvalue weighted by Crippen LogP contribution is 2.33. The first-order chi connectivity index (χ1) is 13.8. The summed E-state index contributed by atoms with van der Waals surface area (Å²) >= 11 is 0. The molecule has 8 nitrogen and oxygen atoms in total. The Bertz CT molecular complexity index is 869. The number of ether oxygens (including phenoxy) is 1. The van der Waals surface area contributed by atoms with E-state index in [1.807, 2.05) is 4.90 Å². The normalized spacial score (nSPS) is 14.6. The highest BCUT2D eigenvalue weighted by molar-refractivity contribution is 5.78. The van der Waals surface area contributed by atoms with Crippen LogP contribution >= 0.6 is 0 Å². The van der Waals surface area contributed by atoms with Gasteiger partial charge in [-0.25, -0.2) is 14.8 Å². The Kier molecular flexibility index (Phi) is 5.95. The highest BCUT2D eigenvalue weighted by Gasteiger charge is 2.30. The Hall–Kier alpha value is -3.24. The van der Waals surface area contributed by atoms with E-state index in [1.54, 1.807) is 11.8 Å². The van der Waals surface area contributed by atoms with Crippen molar-refractivity contribution in [1.82, 2.24) is 14.9 Å². The molecule has 0 bridgehead atoms. The van der Waals surface area contributed by atoms with Gasteiger partial charge in [-0.2, -0.15) is 13.2 Å². The van der Waals surface area contributed by atoms with Crippen molar-refractivity contribution in [3.8, 4) is 0 Å². The van der Waals surface area contributed by atoms with Crippen LogP contribution in [0.1, 0.15) is 12.5 Å². The fourth-order valence-corrected chi connectivity index (χ4v) is 2.96. The van der Waals surface area contributed by atoms with E-state index in [4.69, 9.17) is 10.5 Å². The number of hydrogen-bond acceptors (Lipinski definition) is 7. The molecule has 0 saturated carbocycles.